The lowest BCUT2D eigenvalue weighted by Crippen LogP contribution is -2.27. The van der Waals surface area contributed by atoms with Gasteiger partial charge in [0, 0.05) is 5.56 Å². The molecule has 24 heavy (non-hydrogen) atoms. The van der Waals surface area contributed by atoms with Crippen molar-refractivity contribution in [3.05, 3.63) is 53.2 Å². The monoisotopic (exact) mass is 331 g/mol. The molecule has 0 bridgehead atoms. The molecular formula is C16H13NO7. The summed E-state index contributed by atoms with van der Waals surface area (Å²) in [6, 6.07) is 6.91. The Balaban J connectivity index is 2.29. The third kappa shape index (κ3) is 3.74. The van der Waals surface area contributed by atoms with Gasteiger partial charge in [-0.15, -0.1) is 0 Å². The van der Waals surface area contributed by atoms with Crippen LogP contribution < -0.4 is 5.32 Å². The number of hydrogen-bond acceptors (Lipinski definition) is 6. The van der Waals surface area contributed by atoms with Gasteiger partial charge in [-0.1, -0.05) is 6.07 Å². The molecule has 6 N–H and O–H groups in total. The summed E-state index contributed by atoms with van der Waals surface area (Å²) in [6.45, 7) is 0. The van der Waals surface area contributed by atoms with E-state index in [9.17, 15) is 30.0 Å². The van der Waals surface area contributed by atoms with Crippen molar-refractivity contribution in [3.63, 3.8) is 0 Å². The molecule has 2 aromatic rings. The van der Waals surface area contributed by atoms with E-state index >= 15 is 0 Å². The average Bonchev–Trinajstić information content (AvgIpc) is 2.52. The van der Waals surface area contributed by atoms with Crippen molar-refractivity contribution in [3.8, 4) is 23.0 Å². The Bertz CT molecular complexity index is 842. The summed E-state index contributed by atoms with van der Waals surface area (Å²) < 4.78 is 0. The molecule has 8 heteroatoms. The minimum atomic E-state index is -1.43. The molecule has 8 nitrogen and oxygen atoms in total. The molecule has 0 aliphatic rings. The number of aliphatic carboxylic acids is 1. The molecule has 0 atom stereocenters. The zero-order valence-electron chi connectivity index (χ0n) is 12.1. The number of benzene rings is 2. The normalized spacial score (nSPS) is 11.1. The molecule has 0 heterocycles. The predicted octanol–water partition coefficient (Wildman–Crippen LogP) is 1.36. The molecule has 0 spiro atoms. The number of carboxylic acids is 1. The van der Waals surface area contributed by atoms with Gasteiger partial charge in [0.25, 0.3) is 5.91 Å². The van der Waals surface area contributed by atoms with Crippen LogP contribution in [0.15, 0.2) is 42.1 Å². The van der Waals surface area contributed by atoms with Gasteiger partial charge in [0.05, 0.1) is 0 Å². The van der Waals surface area contributed by atoms with Gasteiger partial charge in [-0.2, -0.15) is 0 Å². The summed E-state index contributed by atoms with van der Waals surface area (Å²) in [6.07, 6.45) is 1.08. The number of phenols is 4. The topological polar surface area (TPSA) is 147 Å². The summed E-state index contributed by atoms with van der Waals surface area (Å²) in [5, 5.41) is 48.5. The molecule has 0 aliphatic carbocycles. The van der Waals surface area contributed by atoms with Crippen LogP contribution in [0.5, 0.6) is 23.0 Å². The highest BCUT2D eigenvalue weighted by Crippen LogP contribution is 2.26. The molecule has 0 saturated heterocycles. The SMILES string of the molecule is O=C(O)C(=Cc1ccc(O)c(O)c1)NC(=O)c1ccc(O)c(O)c1. The van der Waals surface area contributed by atoms with Crippen molar-refractivity contribution in [1.82, 2.24) is 5.32 Å². The van der Waals surface area contributed by atoms with Crippen molar-refractivity contribution < 1.29 is 35.1 Å². The average molecular weight is 331 g/mol. The molecule has 0 radical (unpaired) electrons. The highest BCUT2D eigenvalue weighted by Gasteiger charge is 2.15. The van der Waals surface area contributed by atoms with E-state index in [1.54, 1.807) is 0 Å². The molecule has 0 fully saturated rings. The standard InChI is InChI=1S/C16H13NO7/c18-11-3-1-8(6-13(11)20)5-10(16(23)24)17-15(22)9-2-4-12(19)14(21)7-9/h1-7,18-21H,(H,17,22)(H,23,24). The minimum absolute atomic E-state index is 0.0639. The Morgan fingerprint density at radius 2 is 1.42 bits per heavy atom. The van der Waals surface area contributed by atoms with Crippen LogP contribution in [0.2, 0.25) is 0 Å². The number of nitrogens with one attached hydrogen (secondary N) is 1. The maximum Gasteiger partial charge on any atom is 0.352 e. The van der Waals surface area contributed by atoms with Crippen molar-refractivity contribution >= 4 is 18.0 Å². The quantitative estimate of drug-likeness (QED) is 0.366. The molecule has 2 rings (SSSR count). The van der Waals surface area contributed by atoms with Crippen LogP contribution in [0.4, 0.5) is 0 Å². The Kier molecular flexibility index (Phi) is 4.60. The molecule has 1 amide bonds. The van der Waals surface area contributed by atoms with Crippen LogP contribution in [0.25, 0.3) is 6.08 Å². The maximum absolute atomic E-state index is 12.0. The fourth-order valence-electron chi connectivity index (χ4n) is 1.81. The lowest BCUT2D eigenvalue weighted by molar-refractivity contribution is -0.132. The molecule has 2 aromatic carbocycles. The second-order valence-corrected chi connectivity index (χ2v) is 4.77. The zero-order valence-corrected chi connectivity index (χ0v) is 12.1. The largest absolute Gasteiger partial charge is 0.504 e. The summed E-state index contributed by atoms with van der Waals surface area (Å²) in [7, 11) is 0. The highest BCUT2D eigenvalue weighted by molar-refractivity contribution is 6.03. The molecular weight excluding hydrogens is 318 g/mol. The van der Waals surface area contributed by atoms with E-state index in [-0.39, 0.29) is 16.9 Å². The smallest absolute Gasteiger partial charge is 0.352 e. The lowest BCUT2D eigenvalue weighted by Gasteiger charge is -2.07. The van der Waals surface area contributed by atoms with E-state index in [4.69, 9.17) is 5.11 Å². The van der Waals surface area contributed by atoms with Crippen molar-refractivity contribution in [2.24, 2.45) is 0 Å². The lowest BCUT2D eigenvalue weighted by atomic mass is 10.1. The van der Waals surface area contributed by atoms with E-state index in [0.717, 1.165) is 24.3 Å². The predicted molar refractivity (Wildman–Crippen MR) is 82.6 cm³/mol. The van der Waals surface area contributed by atoms with Crippen molar-refractivity contribution in [2.45, 2.75) is 0 Å². The molecule has 0 aliphatic heterocycles. The molecule has 124 valence electrons. The number of carboxylic acid groups (broad SMARTS) is 1. The second-order valence-electron chi connectivity index (χ2n) is 4.77. The van der Waals surface area contributed by atoms with E-state index in [2.05, 4.69) is 5.32 Å². The third-order valence-corrected chi connectivity index (χ3v) is 3.03. The molecule has 0 aromatic heterocycles. The van der Waals surface area contributed by atoms with Crippen LogP contribution in [0, 0.1) is 0 Å². The number of phenolic OH excluding ortho intramolecular Hbond substituents is 4. The maximum atomic E-state index is 12.0. The van der Waals surface area contributed by atoms with Gasteiger partial charge < -0.3 is 30.8 Å². The van der Waals surface area contributed by atoms with Crippen LogP contribution in [0.3, 0.4) is 0 Å². The Labute approximate surface area is 135 Å². The van der Waals surface area contributed by atoms with Gasteiger partial charge in [0.15, 0.2) is 23.0 Å². The van der Waals surface area contributed by atoms with Gasteiger partial charge >= 0.3 is 5.97 Å². The van der Waals surface area contributed by atoms with Crippen LogP contribution in [0.1, 0.15) is 15.9 Å². The molecule has 0 unspecified atom stereocenters. The van der Waals surface area contributed by atoms with E-state index < -0.39 is 34.8 Å². The number of amides is 1. The number of hydrogen-bond donors (Lipinski definition) is 6. The van der Waals surface area contributed by atoms with Gasteiger partial charge in [-0.3, -0.25) is 4.79 Å². The van der Waals surface area contributed by atoms with Crippen molar-refractivity contribution in [2.75, 3.05) is 0 Å². The Morgan fingerprint density at radius 3 is 1.96 bits per heavy atom. The van der Waals surface area contributed by atoms with Gasteiger partial charge in [0.1, 0.15) is 5.70 Å². The molecule has 0 saturated carbocycles. The van der Waals surface area contributed by atoms with Gasteiger partial charge in [-0.05, 0) is 42.0 Å². The summed E-state index contributed by atoms with van der Waals surface area (Å²) in [4.78, 5) is 23.3. The first kappa shape index (κ1) is 16.7. The summed E-state index contributed by atoms with van der Waals surface area (Å²) in [5.41, 5.74) is -0.319. The third-order valence-electron chi connectivity index (χ3n) is 3.03. The first-order valence-electron chi connectivity index (χ1n) is 6.58. The second kappa shape index (κ2) is 6.61. The number of aromatic hydroxyl groups is 4. The Morgan fingerprint density at radius 1 is 0.833 bits per heavy atom. The fourth-order valence-corrected chi connectivity index (χ4v) is 1.81. The zero-order chi connectivity index (χ0) is 17.9. The first-order valence-corrected chi connectivity index (χ1v) is 6.58. The first-order chi connectivity index (χ1) is 11.3. The summed E-state index contributed by atoms with van der Waals surface area (Å²) >= 11 is 0. The van der Waals surface area contributed by atoms with Crippen LogP contribution in [-0.4, -0.2) is 37.4 Å². The van der Waals surface area contributed by atoms with Crippen molar-refractivity contribution in [1.29, 1.82) is 0 Å². The van der Waals surface area contributed by atoms with E-state index in [1.165, 1.54) is 18.2 Å². The van der Waals surface area contributed by atoms with E-state index in [1.807, 2.05) is 0 Å². The fraction of sp³-hybridized carbons (Fsp3) is 0. The van der Waals surface area contributed by atoms with Gasteiger partial charge in [0.2, 0.25) is 0 Å². The van der Waals surface area contributed by atoms with Crippen LogP contribution >= 0.6 is 0 Å². The minimum Gasteiger partial charge on any atom is -0.504 e. The number of carbonyl (C=O) groups excluding carboxylic acids is 1. The van der Waals surface area contributed by atoms with E-state index in [0.29, 0.717) is 0 Å². The van der Waals surface area contributed by atoms with Crippen LogP contribution in [-0.2, 0) is 4.79 Å². The Hall–Kier alpha value is -3.68. The number of carbonyl (C=O) groups is 2. The number of rotatable bonds is 4. The summed E-state index contributed by atoms with van der Waals surface area (Å²) in [5.74, 6) is -4.00. The highest BCUT2D eigenvalue weighted by atomic mass is 16.4. The van der Waals surface area contributed by atoms with Gasteiger partial charge in [-0.25, -0.2) is 4.79 Å².